The molecule has 0 aliphatic rings. The van der Waals surface area contributed by atoms with Gasteiger partial charge in [-0.25, -0.2) is 9.97 Å². The number of anilines is 1. The second-order valence-corrected chi connectivity index (χ2v) is 5.82. The summed E-state index contributed by atoms with van der Waals surface area (Å²) in [5.74, 6) is 2.37. The van der Waals surface area contributed by atoms with Gasteiger partial charge in [-0.15, -0.1) is 0 Å². The molecular weight excluding hydrogens is 318 g/mol. The number of nitrogens with two attached hydrogens (primary N) is 1. The van der Waals surface area contributed by atoms with Crippen LogP contribution in [0.4, 0.5) is 5.82 Å². The van der Waals surface area contributed by atoms with Crippen LogP contribution < -0.4 is 10.5 Å². The minimum Gasteiger partial charge on any atom is -0.497 e. The lowest BCUT2D eigenvalue weighted by molar-refractivity contribution is 0.415. The Hall–Kier alpha value is -1.62. The zero-order valence-electron chi connectivity index (χ0n) is 11.9. The molecule has 0 amide bonds. The van der Waals surface area contributed by atoms with E-state index >= 15 is 0 Å². The van der Waals surface area contributed by atoms with Crippen molar-refractivity contribution in [3.63, 3.8) is 0 Å². The summed E-state index contributed by atoms with van der Waals surface area (Å²) >= 11 is 3.47. The van der Waals surface area contributed by atoms with E-state index in [0.717, 1.165) is 27.9 Å². The van der Waals surface area contributed by atoms with E-state index in [0.29, 0.717) is 17.6 Å². The van der Waals surface area contributed by atoms with Crippen LogP contribution in [-0.2, 0) is 6.42 Å². The minimum atomic E-state index is 0.466. The van der Waals surface area contributed by atoms with Gasteiger partial charge < -0.3 is 10.5 Å². The minimum absolute atomic E-state index is 0.466. The molecule has 4 nitrogen and oxygen atoms in total. The average molecular weight is 336 g/mol. The predicted molar refractivity (Wildman–Crippen MR) is 84.7 cm³/mol. The van der Waals surface area contributed by atoms with E-state index in [2.05, 4.69) is 39.7 Å². The number of nitrogen functional groups attached to an aromatic ring is 1. The van der Waals surface area contributed by atoms with Crippen molar-refractivity contribution in [2.45, 2.75) is 20.3 Å². The summed E-state index contributed by atoms with van der Waals surface area (Å²) in [6.45, 7) is 4.30. The summed E-state index contributed by atoms with van der Waals surface area (Å²) in [5.41, 5.74) is 7.81. The van der Waals surface area contributed by atoms with Crippen molar-refractivity contribution in [2.24, 2.45) is 5.92 Å². The highest BCUT2D eigenvalue weighted by atomic mass is 79.9. The number of hydrogen-bond acceptors (Lipinski definition) is 4. The smallest absolute Gasteiger partial charge is 0.161 e. The molecule has 0 unspecified atom stereocenters. The number of halogens is 1. The molecule has 20 heavy (non-hydrogen) atoms. The molecule has 1 heterocycles. The molecule has 0 saturated heterocycles. The lowest BCUT2D eigenvalue weighted by Gasteiger charge is -2.11. The van der Waals surface area contributed by atoms with Crippen LogP contribution in [0, 0.1) is 5.92 Å². The zero-order valence-corrected chi connectivity index (χ0v) is 13.4. The molecule has 0 radical (unpaired) electrons. The number of hydrogen-bond donors (Lipinski definition) is 1. The van der Waals surface area contributed by atoms with Crippen LogP contribution in [0.2, 0.25) is 0 Å². The van der Waals surface area contributed by atoms with Crippen LogP contribution in [0.25, 0.3) is 11.4 Å². The summed E-state index contributed by atoms with van der Waals surface area (Å²) in [6.07, 6.45) is 0.851. The van der Waals surface area contributed by atoms with Crippen molar-refractivity contribution >= 4 is 21.7 Å². The molecule has 5 heteroatoms. The first kappa shape index (κ1) is 14.8. The van der Waals surface area contributed by atoms with E-state index in [4.69, 9.17) is 10.5 Å². The molecule has 0 fully saturated rings. The van der Waals surface area contributed by atoms with Crippen LogP contribution in [0.5, 0.6) is 5.75 Å². The van der Waals surface area contributed by atoms with Gasteiger partial charge in [-0.2, -0.15) is 0 Å². The molecule has 0 bridgehead atoms. The van der Waals surface area contributed by atoms with Gasteiger partial charge in [-0.3, -0.25) is 0 Å². The van der Waals surface area contributed by atoms with Gasteiger partial charge in [0, 0.05) is 5.56 Å². The number of methoxy groups -OCH3 is 1. The molecule has 0 atom stereocenters. The monoisotopic (exact) mass is 335 g/mol. The Labute approximate surface area is 127 Å². The van der Waals surface area contributed by atoms with Gasteiger partial charge >= 0.3 is 0 Å². The van der Waals surface area contributed by atoms with Gasteiger partial charge in [0.05, 0.1) is 17.3 Å². The first-order valence-corrected chi connectivity index (χ1v) is 7.27. The Bertz CT molecular complexity index is 614. The molecule has 0 saturated carbocycles. The molecule has 0 spiro atoms. The van der Waals surface area contributed by atoms with E-state index in [1.54, 1.807) is 7.11 Å². The van der Waals surface area contributed by atoms with Crippen molar-refractivity contribution in [3.8, 4) is 17.1 Å². The number of ether oxygens (including phenoxy) is 1. The molecule has 2 aromatic rings. The van der Waals surface area contributed by atoms with Crippen LogP contribution in [-0.4, -0.2) is 17.1 Å². The van der Waals surface area contributed by atoms with Crippen molar-refractivity contribution in [2.75, 3.05) is 12.8 Å². The summed E-state index contributed by atoms with van der Waals surface area (Å²) < 4.78 is 6.02. The standard InChI is InChI=1S/C15H18BrN3O/c1-9(2)7-12-13(16)14(17)19-15(18-12)10-5-4-6-11(8-10)20-3/h4-6,8-9H,7H2,1-3H3,(H2,17,18,19). The molecule has 1 aromatic heterocycles. The van der Waals surface area contributed by atoms with E-state index in [1.807, 2.05) is 24.3 Å². The largest absolute Gasteiger partial charge is 0.497 e. The second kappa shape index (κ2) is 6.22. The molecule has 2 N–H and O–H groups in total. The first-order chi connectivity index (χ1) is 9.51. The lowest BCUT2D eigenvalue weighted by Crippen LogP contribution is -2.05. The topological polar surface area (TPSA) is 61.0 Å². The third-order valence-electron chi connectivity index (χ3n) is 2.87. The molecule has 0 aliphatic heterocycles. The highest BCUT2D eigenvalue weighted by Crippen LogP contribution is 2.28. The third-order valence-corrected chi connectivity index (χ3v) is 3.74. The molecule has 106 valence electrons. The maximum atomic E-state index is 5.98. The fraction of sp³-hybridized carbons (Fsp3) is 0.333. The summed E-state index contributed by atoms with van der Waals surface area (Å²) in [4.78, 5) is 8.98. The van der Waals surface area contributed by atoms with Crippen LogP contribution >= 0.6 is 15.9 Å². The zero-order chi connectivity index (χ0) is 14.7. The van der Waals surface area contributed by atoms with Crippen LogP contribution in [0.3, 0.4) is 0 Å². The quantitative estimate of drug-likeness (QED) is 0.925. The van der Waals surface area contributed by atoms with Crippen LogP contribution in [0.1, 0.15) is 19.5 Å². The van der Waals surface area contributed by atoms with Gasteiger partial charge in [-0.1, -0.05) is 26.0 Å². The van der Waals surface area contributed by atoms with Crippen molar-refractivity contribution < 1.29 is 4.74 Å². The number of rotatable bonds is 4. The fourth-order valence-electron chi connectivity index (χ4n) is 1.93. The van der Waals surface area contributed by atoms with Crippen LogP contribution in [0.15, 0.2) is 28.7 Å². The molecule has 0 aliphatic carbocycles. The van der Waals surface area contributed by atoms with Gasteiger partial charge in [0.2, 0.25) is 0 Å². The highest BCUT2D eigenvalue weighted by molar-refractivity contribution is 9.10. The third kappa shape index (κ3) is 3.28. The van der Waals surface area contributed by atoms with E-state index in [-0.39, 0.29) is 0 Å². The van der Waals surface area contributed by atoms with Gasteiger partial charge in [0.25, 0.3) is 0 Å². The Kier molecular flexibility index (Phi) is 4.60. The Balaban J connectivity index is 2.48. The van der Waals surface area contributed by atoms with Crippen molar-refractivity contribution in [1.29, 1.82) is 0 Å². The fourth-order valence-corrected chi connectivity index (χ4v) is 2.27. The first-order valence-electron chi connectivity index (χ1n) is 6.47. The predicted octanol–water partition coefficient (Wildman–Crippen LogP) is 3.70. The summed E-state index contributed by atoms with van der Waals surface area (Å²) in [5, 5.41) is 0. The van der Waals surface area contributed by atoms with Gasteiger partial charge in [-0.05, 0) is 40.4 Å². The Morgan fingerprint density at radius 1 is 1.30 bits per heavy atom. The number of benzene rings is 1. The molecular formula is C15H18BrN3O. The average Bonchev–Trinajstić information content (AvgIpc) is 2.43. The van der Waals surface area contributed by atoms with E-state index < -0.39 is 0 Å². The van der Waals surface area contributed by atoms with Gasteiger partial charge in [0.1, 0.15) is 11.6 Å². The maximum Gasteiger partial charge on any atom is 0.161 e. The van der Waals surface area contributed by atoms with Gasteiger partial charge in [0.15, 0.2) is 5.82 Å². The summed E-state index contributed by atoms with van der Waals surface area (Å²) in [6, 6.07) is 7.66. The van der Waals surface area contributed by atoms with E-state index in [9.17, 15) is 0 Å². The highest BCUT2D eigenvalue weighted by Gasteiger charge is 2.13. The Morgan fingerprint density at radius 3 is 2.70 bits per heavy atom. The lowest BCUT2D eigenvalue weighted by atomic mass is 10.1. The maximum absolute atomic E-state index is 5.98. The number of nitrogens with zero attached hydrogens (tertiary/aromatic N) is 2. The van der Waals surface area contributed by atoms with E-state index in [1.165, 1.54) is 0 Å². The number of aromatic nitrogens is 2. The molecule has 1 aromatic carbocycles. The Morgan fingerprint density at radius 2 is 2.05 bits per heavy atom. The SMILES string of the molecule is COc1cccc(-c2nc(N)c(Br)c(CC(C)C)n2)c1. The van der Waals surface area contributed by atoms with Crippen molar-refractivity contribution in [1.82, 2.24) is 9.97 Å². The normalized spacial score (nSPS) is 10.8. The summed E-state index contributed by atoms with van der Waals surface area (Å²) in [7, 11) is 1.64. The second-order valence-electron chi connectivity index (χ2n) is 5.02. The van der Waals surface area contributed by atoms with Crippen molar-refractivity contribution in [3.05, 3.63) is 34.4 Å². The molecule has 2 rings (SSSR count).